The SMILES string of the molecule is Cc1ccc(-c2nnc(C(N)c3ccccc3)s2)cc1C. The van der Waals surface area contributed by atoms with Gasteiger partial charge in [-0.15, -0.1) is 10.2 Å². The average molecular weight is 295 g/mol. The van der Waals surface area contributed by atoms with E-state index in [4.69, 9.17) is 5.73 Å². The van der Waals surface area contributed by atoms with Crippen LogP contribution in [0.2, 0.25) is 0 Å². The first kappa shape index (κ1) is 13.9. The Bertz CT molecular complexity index is 750. The maximum absolute atomic E-state index is 6.27. The molecule has 3 nitrogen and oxygen atoms in total. The van der Waals surface area contributed by atoms with E-state index < -0.39 is 0 Å². The predicted molar refractivity (Wildman–Crippen MR) is 87.3 cm³/mol. The van der Waals surface area contributed by atoms with Gasteiger partial charge in [0.1, 0.15) is 10.0 Å². The van der Waals surface area contributed by atoms with Crippen LogP contribution in [-0.4, -0.2) is 10.2 Å². The summed E-state index contributed by atoms with van der Waals surface area (Å²) in [6, 6.07) is 16.1. The number of hydrogen-bond donors (Lipinski definition) is 1. The molecule has 1 atom stereocenters. The molecule has 0 bridgehead atoms. The molecule has 1 unspecified atom stereocenters. The maximum atomic E-state index is 6.27. The van der Waals surface area contributed by atoms with E-state index in [1.807, 2.05) is 30.3 Å². The highest BCUT2D eigenvalue weighted by Gasteiger charge is 2.15. The summed E-state index contributed by atoms with van der Waals surface area (Å²) >= 11 is 1.56. The van der Waals surface area contributed by atoms with Gasteiger partial charge in [-0.3, -0.25) is 0 Å². The molecule has 2 N–H and O–H groups in total. The second-order valence-electron chi connectivity index (χ2n) is 5.13. The fraction of sp³-hybridized carbons (Fsp3) is 0.176. The Morgan fingerprint density at radius 1 is 0.952 bits per heavy atom. The molecule has 0 saturated heterocycles. The van der Waals surface area contributed by atoms with E-state index in [1.54, 1.807) is 11.3 Å². The molecule has 0 radical (unpaired) electrons. The summed E-state index contributed by atoms with van der Waals surface area (Å²) in [5, 5.41) is 10.3. The number of aromatic nitrogens is 2. The lowest BCUT2D eigenvalue weighted by Gasteiger charge is -2.07. The second kappa shape index (κ2) is 5.76. The van der Waals surface area contributed by atoms with Gasteiger partial charge in [0.05, 0.1) is 6.04 Å². The molecule has 3 aromatic rings. The van der Waals surface area contributed by atoms with Crippen molar-refractivity contribution >= 4 is 11.3 Å². The minimum atomic E-state index is -0.219. The largest absolute Gasteiger partial charge is 0.318 e. The molecule has 0 saturated carbocycles. The minimum absolute atomic E-state index is 0.219. The van der Waals surface area contributed by atoms with Gasteiger partial charge in [-0.2, -0.15) is 0 Å². The molecule has 0 fully saturated rings. The third-order valence-corrected chi connectivity index (χ3v) is 4.67. The van der Waals surface area contributed by atoms with Crippen LogP contribution in [0.1, 0.15) is 27.7 Å². The molecule has 106 valence electrons. The topological polar surface area (TPSA) is 51.8 Å². The van der Waals surface area contributed by atoms with E-state index in [1.165, 1.54) is 11.1 Å². The summed E-state index contributed by atoms with van der Waals surface area (Å²) in [5.41, 5.74) is 11.0. The third-order valence-electron chi connectivity index (χ3n) is 3.62. The van der Waals surface area contributed by atoms with Crippen LogP contribution >= 0.6 is 11.3 Å². The molecule has 2 aromatic carbocycles. The van der Waals surface area contributed by atoms with Crippen molar-refractivity contribution in [2.75, 3.05) is 0 Å². The molecular formula is C17H17N3S. The molecule has 0 aliphatic rings. The zero-order chi connectivity index (χ0) is 14.8. The lowest BCUT2D eigenvalue weighted by molar-refractivity contribution is 0.831. The van der Waals surface area contributed by atoms with Crippen molar-refractivity contribution in [3.63, 3.8) is 0 Å². The molecule has 0 aliphatic heterocycles. The van der Waals surface area contributed by atoms with Crippen LogP contribution in [0.4, 0.5) is 0 Å². The Morgan fingerprint density at radius 3 is 2.43 bits per heavy atom. The zero-order valence-electron chi connectivity index (χ0n) is 12.1. The van der Waals surface area contributed by atoms with Gasteiger partial charge < -0.3 is 5.73 Å². The first-order valence-electron chi connectivity index (χ1n) is 6.86. The van der Waals surface area contributed by atoms with Crippen molar-refractivity contribution in [2.45, 2.75) is 19.9 Å². The summed E-state index contributed by atoms with van der Waals surface area (Å²) in [7, 11) is 0. The summed E-state index contributed by atoms with van der Waals surface area (Å²) < 4.78 is 0. The first-order valence-corrected chi connectivity index (χ1v) is 7.68. The van der Waals surface area contributed by atoms with Crippen molar-refractivity contribution in [1.29, 1.82) is 0 Å². The summed E-state index contributed by atoms with van der Waals surface area (Å²) in [5.74, 6) is 0. The van der Waals surface area contributed by atoms with Crippen LogP contribution in [0.25, 0.3) is 10.6 Å². The number of nitrogens with zero attached hydrogens (tertiary/aromatic N) is 2. The highest BCUT2D eigenvalue weighted by molar-refractivity contribution is 7.14. The standard InChI is InChI=1S/C17H17N3S/c1-11-8-9-14(10-12(11)2)16-19-20-17(21-16)15(18)13-6-4-3-5-7-13/h3-10,15H,18H2,1-2H3. The van der Waals surface area contributed by atoms with E-state index in [9.17, 15) is 0 Å². The minimum Gasteiger partial charge on any atom is -0.318 e. The van der Waals surface area contributed by atoms with E-state index in [2.05, 4.69) is 42.2 Å². The van der Waals surface area contributed by atoms with Crippen LogP contribution < -0.4 is 5.73 Å². The van der Waals surface area contributed by atoms with Gasteiger partial charge in [-0.1, -0.05) is 53.8 Å². The van der Waals surface area contributed by atoms with Crippen LogP contribution in [0.15, 0.2) is 48.5 Å². The number of rotatable bonds is 3. The molecule has 0 amide bonds. The van der Waals surface area contributed by atoms with Gasteiger partial charge in [0.2, 0.25) is 0 Å². The van der Waals surface area contributed by atoms with E-state index in [0.717, 1.165) is 21.1 Å². The number of aryl methyl sites for hydroxylation is 2. The summed E-state index contributed by atoms with van der Waals surface area (Å²) in [4.78, 5) is 0. The molecule has 3 rings (SSSR count). The Morgan fingerprint density at radius 2 is 1.71 bits per heavy atom. The quantitative estimate of drug-likeness (QED) is 0.798. The molecule has 1 heterocycles. The van der Waals surface area contributed by atoms with Crippen molar-refractivity contribution in [3.05, 3.63) is 70.2 Å². The fourth-order valence-corrected chi connectivity index (χ4v) is 3.02. The Kier molecular flexibility index (Phi) is 3.82. The van der Waals surface area contributed by atoms with Gasteiger partial charge in [0, 0.05) is 5.56 Å². The molecule has 21 heavy (non-hydrogen) atoms. The third kappa shape index (κ3) is 2.86. The van der Waals surface area contributed by atoms with Gasteiger partial charge in [0.15, 0.2) is 0 Å². The monoisotopic (exact) mass is 295 g/mol. The van der Waals surface area contributed by atoms with E-state index >= 15 is 0 Å². The van der Waals surface area contributed by atoms with Crippen LogP contribution in [0.5, 0.6) is 0 Å². The smallest absolute Gasteiger partial charge is 0.147 e. The highest BCUT2D eigenvalue weighted by atomic mass is 32.1. The van der Waals surface area contributed by atoms with Gasteiger partial charge >= 0.3 is 0 Å². The molecular weight excluding hydrogens is 278 g/mol. The normalized spacial score (nSPS) is 12.3. The van der Waals surface area contributed by atoms with Crippen LogP contribution in [0.3, 0.4) is 0 Å². The number of benzene rings is 2. The molecule has 0 aliphatic carbocycles. The van der Waals surface area contributed by atoms with Crippen LogP contribution in [-0.2, 0) is 0 Å². The fourth-order valence-electron chi connectivity index (χ4n) is 2.15. The molecule has 0 spiro atoms. The zero-order valence-corrected chi connectivity index (χ0v) is 12.9. The van der Waals surface area contributed by atoms with Crippen molar-refractivity contribution in [1.82, 2.24) is 10.2 Å². The van der Waals surface area contributed by atoms with Gasteiger partial charge in [-0.05, 0) is 36.6 Å². The van der Waals surface area contributed by atoms with Crippen molar-refractivity contribution in [3.8, 4) is 10.6 Å². The lowest BCUT2D eigenvalue weighted by Crippen LogP contribution is -2.11. The summed E-state index contributed by atoms with van der Waals surface area (Å²) in [6.07, 6.45) is 0. The van der Waals surface area contributed by atoms with Crippen molar-refractivity contribution in [2.24, 2.45) is 5.73 Å². The molecule has 1 aromatic heterocycles. The van der Waals surface area contributed by atoms with E-state index in [0.29, 0.717) is 0 Å². The average Bonchev–Trinajstić information content (AvgIpc) is 3.00. The number of nitrogens with two attached hydrogens (primary N) is 1. The van der Waals surface area contributed by atoms with Gasteiger partial charge in [0.25, 0.3) is 0 Å². The highest BCUT2D eigenvalue weighted by Crippen LogP contribution is 2.29. The Hall–Kier alpha value is -2.04. The predicted octanol–water partition coefficient (Wildman–Crippen LogP) is 3.87. The Labute approximate surface area is 128 Å². The first-order chi connectivity index (χ1) is 10.1. The van der Waals surface area contributed by atoms with Crippen molar-refractivity contribution < 1.29 is 0 Å². The van der Waals surface area contributed by atoms with Crippen LogP contribution in [0, 0.1) is 13.8 Å². The van der Waals surface area contributed by atoms with Gasteiger partial charge in [-0.25, -0.2) is 0 Å². The Balaban J connectivity index is 1.91. The summed E-state index contributed by atoms with van der Waals surface area (Å²) in [6.45, 7) is 4.21. The maximum Gasteiger partial charge on any atom is 0.147 e. The van der Waals surface area contributed by atoms with E-state index in [-0.39, 0.29) is 6.04 Å². The molecule has 4 heteroatoms. The number of hydrogen-bond acceptors (Lipinski definition) is 4. The lowest BCUT2D eigenvalue weighted by atomic mass is 10.1. The second-order valence-corrected chi connectivity index (χ2v) is 6.14.